The van der Waals surface area contributed by atoms with Crippen LogP contribution in [0.25, 0.3) is 15.9 Å². The van der Waals surface area contributed by atoms with Crippen molar-refractivity contribution < 1.29 is 9.18 Å². The molecule has 0 unspecified atom stereocenters. The van der Waals surface area contributed by atoms with E-state index >= 15 is 0 Å². The van der Waals surface area contributed by atoms with Crippen molar-refractivity contribution in [2.45, 2.75) is 11.7 Å². The summed E-state index contributed by atoms with van der Waals surface area (Å²) in [7, 11) is 0. The SMILES string of the molecule is O=C(CSc1nc2ccsc2c(=O)n1-c1ccccc1)NCc1ccc(F)c(Cl)c1. The van der Waals surface area contributed by atoms with Crippen LogP contribution in [0, 0.1) is 5.82 Å². The van der Waals surface area contributed by atoms with E-state index in [0.717, 1.165) is 0 Å². The average Bonchev–Trinajstić information content (AvgIpc) is 3.23. The zero-order valence-electron chi connectivity index (χ0n) is 15.5. The number of amides is 1. The maximum atomic E-state index is 13.2. The molecule has 4 rings (SSSR count). The number of fused-ring (bicyclic) bond motifs is 1. The Morgan fingerprint density at radius 3 is 2.77 bits per heavy atom. The van der Waals surface area contributed by atoms with Gasteiger partial charge in [-0.3, -0.25) is 14.2 Å². The first-order valence-corrected chi connectivity index (χ1v) is 11.2. The number of hydrogen-bond donors (Lipinski definition) is 1. The van der Waals surface area contributed by atoms with E-state index in [2.05, 4.69) is 10.3 Å². The predicted molar refractivity (Wildman–Crippen MR) is 119 cm³/mol. The third kappa shape index (κ3) is 4.40. The standard InChI is InChI=1S/C21H15ClFN3O2S2/c22-15-10-13(6-7-16(15)23)11-24-18(27)12-30-21-25-17-8-9-29-19(17)20(28)26(21)14-4-2-1-3-5-14/h1-10H,11-12H2,(H,24,27). The smallest absolute Gasteiger partial charge is 0.276 e. The summed E-state index contributed by atoms with van der Waals surface area (Å²) < 4.78 is 15.3. The molecule has 2 aromatic carbocycles. The van der Waals surface area contributed by atoms with Crippen molar-refractivity contribution in [3.8, 4) is 5.69 Å². The van der Waals surface area contributed by atoms with Gasteiger partial charge in [0, 0.05) is 6.54 Å². The minimum atomic E-state index is -0.504. The van der Waals surface area contributed by atoms with Crippen LogP contribution < -0.4 is 10.9 Å². The van der Waals surface area contributed by atoms with E-state index < -0.39 is 5.82 Å². The summed E-state index contributed by atoms with van der Waals surface area (Å²) in [5, 5.41) is 5.04. The molecule has 1 amide bonds. The number of para-hydroxylation sites is 1. The molecule has 0 fully saturated rings. The van der Waals surface area contributed by atoms with E-state index in [-0.39, 0.29) is 28.8 Å². The van der Waals surface area contributed by atoms with Gasteiger partial charge >= 0.3 is 0 Å². The van der Waals surface area contributed by atoms with Gasteiger partial charge in [0.1, 0.15) is 10.5 Å². The summed E-state index contributed by atoms with van der Waals surface area (Å²) in [4.78, 5) is 29.9. The Morgan fingerprint density at radius 1 is 1.20 bits per heavy atom. The third-order valence-electron chi connectivity index (χ3n) is 4.27. The van der Waals surface area contributed by atoms with Crippen molar-refractivity contribution in [2.24, 2.45) is 0 Å². The van der Waals surface area contributed by atoms with Crippen LogP contribution in [0.5, 0.6) is 0 Å². The number of thiophene rings is 1. The number of thioether (sulfide) groups is 1. The third-order valence-corrected chi connectivity index (χ3v) is 6.39. The number of aromatic nitrogens is 2. The fourth-order valence-electron chi connectivity index (χ4n) is 2.82. The minimum Gasteiger partial charge on any atom is -0.351 e. The lowest BCUT2D eigenvalue weighted by atomic mass is 10.2. The zero-order chi connectivity index (χ0) is 21.1. The molecule has 0 aliphatic heterocycles. The number of carbonyl (C=O) groups is 1. The average molecular weight is 460 g/mol. The van der Waals surface area contributed by atoms with Crippen molar-refractivity contribution in [2.75, 3.05) is 5.75 Å². The molecule has 0 atom stereocenters. The van der Waals surface area contributed by atoms with Crippen molar-refractivity contribution in [3.63, 3.8) is 0 Å². The molecular weight excluding hydrogens is 445 g/mol. The van der Waals surface area contributed by atoms with Gasteiger partial charge in [0.05, 0.1) is 22.0 Å². The van der Waals surface area contributed by atoms with Crippen molar-refractivity contribution in [3.05, 3.63) is 86.7 Å². The van der Waals surface area contributed by atoms with E-state index in [1.54, 1.807) is 12.1 Å². The van der Waals surface area contributed by atoms with E-state index in [9.17, 15) is 14.0 Å². The second kappa shape index (κ2) is 8.99. The number of nitrogens with zero attached hydrogens (tertiary/aromatic N) is 2. The van der Waals surface area contributed by atoms with Gasteiger partial charge in [-0.2, -0.15) is 0 Å². The second-order valence-electron chi connectivity index (χ2n) is 6.32. The molecule has 0 aliphatic carbocycles. The van der Waals surface area contributed by atoms with Crippen LogP contribution in [0.4, 0.5) is 4.39 Å². The summed E-state index contributed by atoms with van der Waals surface area (Å²) in [5.74, 6) is -0.667. The first-order chi connectivity index (χ1) is 14.5. The fraction of sp³-hybridized carbons (Fsp3) is 0.0952. The maximum absolute atomic E-state index is 13.2. The second-order valence-corrected chi connectivity index (χ2v) is 8.59. The van der Waals surface area contributed by atoms with Crippen LogP contribution in [-0.2, 0) is 11.3 Å². The van der Waals surface area contributed by atoms with E-state index in [1.807, 2.05) is 35.7 Å². The lowest BCUT2D eigenvalue weighted by molar-refractivity contribution is -0.118. The van der Waals surface area contributed by atoms with Crippen LogP contribution in [0.2, 0.25) is 5.02 Å². The van der Waals surface area contributed by atoms with E-state index in [4.69, 9.17) is 11.6 Å². The maximum Gasteiger partial charge on any atom is 0.276 e. The Balaban J connectivity index is 1.52. The molecule has 2 aromatic heterocycles. The van der Waals surface area contributed by atoms with Gasteiger partial charge in [-0.1, -0.05) is 47.6 Å². The topological polar surface area (TPSA) is 64.0 Å². The van der Waals surface area contributed by atoms with E-state index in [0.29, 0.717) is 26.6 Å². The van der Waals surface area contributed by atoms with Gasteiger partial charge in [-0.25, -0.2) is 9.37 Å². The molecule has 0 bridgehead atoms. The molecule has 1 N–H and O–H groups in total. The molecule has 0 saturated carbocycles. The highest BCUT2D eigenvalue weighted by Gasteiger charge is 2.15. The van der Waals surface area contributed by atoms with Crippen molar-refractivity contribution in [1.82, 2.24) is 14.9 Å². The van der Waals surface area contributed by atoms with Gasteiger partial charge < -0.3 is 5.32 Å². The summed E-state index contributed by atoms with van der Waals surface area (Å²) >= 11 is 8.29. The van der Waals surface area contributed by atoms with Gasteiger partial charge in [-0.05, 0) is 41.3 Å². The Morgan fingerprint density at radius 2 is 2.00 bits per heavy atom. The molecule has 9 heteroatoms. The summed E-state index contributed by atoms with van der Waals surface area (Å²) in [6.07, 6.45) is 0. The number of rotatable bonds is 6. The Bertz CT molecular complexity index is 1270. The minimum absolute atomic E-state index is 0.0104. The number of nitrogens with one attached hydrogen (secondary N) is 1. The number of benzene rings is 2. The largest absolute Gasteiger partial charge is 0.351 e. The molecule has 30 heavy (non-hydrogen) atoms. The van der Waals surface area contributed by atoms with Crippen LogP contribution >= 0.6 is 34.7 Å². The Kier molecular flexibility index (Phi) is 6.17. The first-order valence-electron chi connectivity index (χ1n) is 8.92. The van der Waals surface area contributed by atoms with Gasteiger partial charge in [0.2, 0.25) is 5.91 Å². The van der Waals surface area contributed by atoms with Gasteiger partial charge in [0.15, 0.2) is 5.16 Å². The lowest BCUT2D eigenvalue weighted by Gasteiger charge is -2.12. The van der Waals surface area contributed by atoms with Crippen LogP contribution in [-0.4, -0.2) is 21.2 Å². The molecule has 2 heterocycles. The highest BCUT2D eigenvalue weighted by molar-refractivity contribution is 7.99. The number of hydrogen-bond acceptors (Lipinski definition) is 5. The lowest BCUT2D eigenvalue weighted by Crippen LogP contribution is -2.26. The number of carbonyl (C=O) groups excluding carboxylic acids is 1. The predicted octanol–water partition coefficient (Wildman–Crippen LogP) is 4.65. The van der Waals surface area contributed by atoms with Crippen LogP contribution in [0.15, 0.2) is 69.9 Å². The molecule has 152 valence electrons. The van der Waals surface area contributed by atoms with Crippen molar-refractivity contribution in [1.29, 1.82) is 0 Å². The molecule has 0 radical (unpaired) electrons. The van der Waals surface area contributed by atoms with Crippen molar-refractivity contribution >= 4 is 50.8 Å². The molecule has 0 saturated heterocycles. The van der Waals surface area contributed by atoms with Crippen LogP contribution in [0.3, 0.4) is 0 Å². The number of halogens is 2. The summed E-state index contributed by atoms with van der Waals surface area (Å²) in [6.45, 7) is 0.224. The normalized spacial score (nSPS) is 11.0. The van der Waals surface area contributed by atoms with Crippen LogP contribution in [0.1, 0.15) is 5.56 Å². The summed E-state index contributed by atoms with van der Waals surface area (Å²) in [5.41, 5.74) is 1.83. The first kappa shape index (κ1) is 20.6. The molecule has 0 spiro atoms. The monoisotopic (exact) mass is 459 g/mol. The molecule has 0 aliphatic rings. The van der Waals surface area contributed by atoms with Gasteiger partial charge in [-0.15, -0.1) is 11.3 Å². The van der Waals surface area contributed by atoms with Gasteiger partial charge in [0.25, 0.3) is 5.56 Å². The highest BCUT2D eigenvalue weighted by atomic mass is 35.5. The Hall–Kier alpha value is -2.68. The van der Waals surface area contributed by atoms with E-state index in [1.165, 1.54) is 39.8 Å². The molecule has 4 aromatic rings. The highest BCUT2D eigenvalue weighted by Crippen LogP contribution is 2.23. The molecular formula is C21H15ClFN3O2S2. The quantitative estimate of drug-likeness (QED) is 0.337. The molecule has 5 nitrogen and oxygen atoms in total. The zero-order valence-corrected chi connectivity index (χ0v) is 17.9. The fourth-order valence-corrected chi connectivity index (χ4v) is 4.63. The summed E-state index contributed by atoms with van der Waals surface area (Å²) in [6, 6.07) is 15.3. The Labute approximate surface area is 184 Å².